The Morgan fingerprint density at radius 1 is 1.23 bits per heavy atom. The van der Waals surface area contributed by atoms with Crippen molar-refractivity contribution in [2.24, 2.45) is 0 Å². The minimum absolute atomic E-state index is 0.280. The van der Waals surface area contributed by atoms with Crippen LogP contribution < -0.4 is 15.5 Å². The molecule has 0 saturated carbocycles. The highest BCUT2D eigenvalue weighted by Crippen LogP contribution is 2.32. The lowest BCUT2D eigenvalue weighted by atomic mass is 9.98. The molecule has 0 atom stereocenters. The molecule has 1 aromatic carbocycles. The molecule has 0 unspecified atom stereocenters. The van der Waals surface area contributed by atoms with Crippen LogP contribution in [0.4, 0.5) is 5.69 Å². The van der Waals surface area contributed by atoms with Crippen molar-refractivity contribution in [3.63, 3.8) is 0 Å². The summed E-state index contributed by atoms with van der Waals surface area (Å²) in [5.41, 5.74) is 5.56. The molecule has 2 aromatic heterocycles. The van der Waals surface area contributed by atoms with Crippen LogP contribution in [0, 0.1) is 0 Å². The summed E-state index contributed by atoms with van der Waals surface area (Å²) >= 11 is 0. The monoisotopic (exact) mass is 349 g/mol. The second-order valence-electron chi connectivity index (χ2n) is 7.34. The van der Waals surface area contributed by atoms with Gasteiger partial charge in [-0.25, -0.2) is 9.78 Å². The summed E-state index contributed by atoms with van der Waals surface area (Å²) in [6, 6.07) is 10.2. The van der Waals surface area contributed by atoms with Crippen LogP contribution in [0.25, 0.3) is 22.1 Å². The van der Waals surface area contributed by atoms with Crippen molar-refractivity contribution >= 4 is 16.7 Å². The van der Waals surface area contributed by atoms with E-state index in [1.165, 1.54) is 17.7 Å². The van der Waals surface area contributed by atoms with Crippen molar-refractivity contribution in [3.05, 3.63) is 58.2 Å². The van der Waals surface area contributed by atoms with E-state index in [0.29, 0.717) is 17.1 Å². The second-order valence-corrected chi connectivity index (χ2v) is 7.34. The van der Waals surface area contributed by atoms with Crippen molar-refractivity contribution in [1.82, 2.24) is 0 Å². The molecule has 0 spiro atoms. The maximum absolute atomic E-state index is 12.6. The molecule has 26 heavy (non-hydrogen) atoms. The molecule has 1 N–H and O–H groups in total. The van der Waals surface area contributed by atoms with E-state index in [9.17, 15) is 4.79 Å². The van der Waals surface area contributed by atoms with E-state index in [1.807, 2.05) is 30.5 Å². The molecule has 4 heteroatoms. The lowest BCUT2D eigenvalue weighted by Crippen LogP contribution is -2.28. The maximum Gasteiger partial charge on any atom is 0.344 e. The summed E-state index contributed by atoms with van der Waals surface area (Å²) in [4.78, 5) is 18.2. The minimum Gasteiger partial charge on any atom is -0.422 e. The van der Waals surface area contributed by atoms with Crippen LogP contribution in [-0.4, -0.2) is 13.1 Å². The fourth-order valence-corrected chi connectivity index (χ4v) is 3.79. The topological polar surface area (TPSA) is 47.6 Å². The van der Waals surface area contributed by atoms with Gasteiger partial charge < -0.3 is 9.32 Å². The number of anilines is 1. The predicted molar refractivity (Wildman–Crippen MR) is 105 cm³/mol. The van der Waals surface area contributed by atoms with Crippen molar-refractivity contribution < 1.29 is 9.40 Å². The number of nitrogens with one attached hydrogen (secondary N) is 1. The number of aryl methyl sites for hydroxylation is 1. The number of pyridine rings is 1. The zero-order valence-corrected chi connectivity index (χ0v) is 15.6. The number of hydrogen-bond acceptors (Lipinski definition) is 3. The SMILES string of the molecule is CCN1CCCc2cc3cc(-c4cc[nH+]c(C(C)C)c4)c(=O)oc3cc21. The average molecular weight is 349 g/mol. The molecule has 0 amide bonds. The third-order valence-electron chi connectivity index (χ3n) is 5.29. The minimum atomic E-state index is -0.280. The Morgan fingerprint density at radius 2 is 2.08 bits per heavy atom. The van der Waals surface area contributed by atoms with Gasteiger partial charge in [-0.15, -0.1) is 0 Å². The fraction of sp³-hybridized carbons (Fsp3) is 0.364. The Kier molecular flexibility index (Phi) is 4.27. The van der Waals surface area contributed by atoms with Gasteiger partial charge in [-0.05, 0) is 37.5 Å². The first-order chi connectivity index (χ1) is 12.6. The summed E-state index contributed by atoms with van der Waals surface area (Å²) in [7, 11) is 0. The Morgan fingerprint density at radius 3 is 2.85 bits per heavy atom. The lowest BCUT2D eigenvalue weighted by molar-refractivity contribution is -0.392. The summed E-state index contributed by atoms with van der Waals surface area (Å²) in [6.45, 7) is 8.46. The Balaban J connectivity index is 1.87. The molecule has 3 heterocycles. The molecule has 4 rings (SSSR count). The molecule has 134 valence electrons. The summed E-state index contributed by atoms with van der Waals surface area (Å²) in [5, 5.41) is 0.996. The highest BCUT2D eigenvalue weighted by atomic mass is 16.4. The molecule has 3 aromatic rings. The van der Waals surface area contributed by atoms with E-state index >= 15 is 0 Å². The number of fused-ring (bicyclic) bond motifs is 2. The van der Waals surface area contributed by atoms with E-state index in [0.717, 1.165) is 36.2 Å². The molecule has 4 nitrogen and oxygen atoms in total. The lowest BCUT2D eigenvalue weighted by Gasteiger charge is -2.30. The van der Waals surface area contributed by atoms with Crippen LogP contribution in [0.15, 0.2) is 45.7 Å². The first-order valence-corrected chi connectivity index (χ1v) is 9.44. The van der Waals surface area contributed by atoms with Crippen molar-refractivity contribution in [3.8, 4) is 11.1 Å². The average Bonchev–Trinajstić information content (AvgIpc) is 2.65. The quantitative estimate of drug-likeness (QED) is 0.667. The second kappa shape index (κ2) is 6.60. The number of aromatic nitrogens is 1. The van der Waals surface area contributed by atoms with Crippen LogP contribution in [0.1, 0.15) is 44.4 Å². The van der Waals surface area contributed by atoms with Crippen molar-refractivity contribution in [2.75, 3.05) is 18.0 Å². The molecule has 0 radical (unpaired) electrons. The summed E-state index contributed by atoms with van der Waals surface area (Å²) < 4.78 is 5.71. The molecule has 0 fully saturated rings. The number of H-pyrrole nitrogens is 1. The number of rotatable bonds is 3. The molecular formula is C22H25N2O2+. The zero-order valence-electron chi connectivity index (χ0n) is 15.6. The molecule has 1 aliphatic heterocycles. The predicted octanol–water partition coefficient (Wildman–Crippen LogP) is 4.17. The van der Waals surface area contributed by atoms with Gasteiger partial charge in [0.15, 0.2) is 11.9 Å². The Hall–Kier alpha value is -2.62. The van der Waals surface area contributed by atoms with E-state index < -0.39 is 0 Å². The third kappa shape index (κ3) is 2.90. The van der Waals surface area contributed by atoms with Gasteiger partial charge in [-0.3, -0.25) is 0 Å². The molecule has 1 aliphatic rings. The number of benzene rings is 1. The van der Waals surface area contributed by atoms with Crippen LogP contribution in [0.2, 0.25) is 0 Å². The van der Waals surface area contributed by atoms with Gasteiger partial charge in [0.25, 0.3) is 0 Å². The van der Waals surface area contributed by atoms with Crippen LogP contribution >= 0.6 is 0 Å². The van der Waals surface area contributed by atoms with Crippen LogP contribution in [-0.2, 0) is 6.42 Å². The van der Waals surface area contributed by atoms with Crippen LogP contribution in [0.3, 0.4) is 0 Å². The summed E-state index contributed by atoms with van der Waals surface area (Å²) in [6.07, 6.45) is 4.14. The standard InChI is InChI=1S/C22H24N2O2/c1-4-24-9-5-6-16-10-17-11-18(22(25)26-21(17)13-20(16)24)15-7-8-23-19(12-15)14(2)3/h7-8,10-14H,4-6,9H2,1-3H3/p+1. The van der Waals surface area contributed by atoms with Crippen molar-refractivity contribution in [2.45, 2.75) is 39.5 Å². The van der Waals surface area contributed by atoms with Gasteiger partial charge in [0.2, 0.25) is 0 Å². The number of aromatic amines is 1. The Bertz CT molecular complexity index is 1020. The van der Waals surface area contributed by atoms with Gasteiger partial charge >= 0.3 is 5.63 Å². The largest absolute Gasteiger partial charge is 0.422 e. The molecule has 0 saturated heterocycles. The fourth-order valence-electron chi connectivity index (χ4n) is 3.79. The van der Waals surface area contributed by atoms with Gasteiger partial charge in [0, 0.05) is 53.8 Å². The number of nitrogens with zero attached hydrogens (tertiary/aromatic N) is 1. The van der Waals surface area contributed by atoms with Crippen molar-refractivity contribution in [1.29, 1.82) is 0 Å². The third-order valence-corrected chi connectivity index (χ3v) is 5.29. The maximum atomic E-state index is 12.6. The van der Waals surface area contributed by atoms with Gasteiger partial charge in [-0.2, -0.15) is 0 Å². The van der Waals surface area contributed by atoms with Gasteiger partial charge in [0.1, 0.15) is 5.58 Å². The Labute approximate surface area is 153 Å². The van der Waals surface area contributed by atoms with E-state index in [4.69, 9.17) is 4.42 Å². The first kappa shape index (κ1) is 16.8. The molecule has 0 bridgehead atoms. The normalized spacial score (nSPS) is 14.1. The summed E-state index contributed by atoms with van der Waals surface area (Å²) in [5.74, 6) is 0.370. The highest BCUT2D eigenvalue weighted by Gasteiger charge is 2.19. The number of hydrogen-bond donors (Lipinski definition) is 0. The van der Waals surface area contributed by atoms with Crippen LogP contribution in [0.5, 0.6) is 0 Å². The molecule has 0 aliphatic carbocycles. The van der Waals surface area contributed by atoms with E-state index in [1.54, 1.807) is 0 Å². The first-order valence-electron chi connectivity index (χ1n) is 9.44. The van der Waals surface area contributed by atoms with E-state index in [-0.39, 0.29) is 5.63 Å². The van der Waals surface area contributed by atoms with Gasteiger partial charge in [-0.1, -0.05) is 13.8 Å². The highest BCUT2D eigenvalue weighted by molar-refractivity contribution is 5.86. The smallest absolute Gasteiger partial charge is 0.344 e. The zero-order chi connectivity index (χ0) is 18.3. The molecular weight excluding hydrogens is 324 g/mol. The van der Waals surface area contributed by atoms with Gasteiger partial charge in [0.05, 0.1) is 5.56 Å². The van der Waals surface area contributed by atoms with E-state index in [2.05, 4.69) is 36.7 Å².